The molecule has 3 N–H and O–H groups in total. The summed E-state index contributed by atoms with van der Waals surface area (Å²) in [6.07, 6.45) is 0. The molecule has 0 spiro atoms. The maximum Gasteiger partial charge on any atom is 0.257 e. The topological polar surface area (TPSA) is 80.9 Å². The van der Waals surface area contributed by atoms with Crippen molar-refractivity contribution >= 4 is 28.1 Å². The number of carbonyl (C=O) groups is 1. The number of hydrogen-bond donors (Lipinski definition) is 2. The number of nitrogens with two attached hydrogens (primary N) is 1. The fourth-order valence-corrected chi connectivity index (χ4v) is 1.62. The van der Waals surface area contributed by atoms with E-state index < -0.39 is 0 Å². The quantitative estimate of drug-likeness (QED) is 0.775. The van der Waals surface area contributed by atoms with E-state index in [-0.39, 0.29) is 5.91 Å². The first-order chi connectivity index (χ1) is 7.66. The maximum absolute atomic E-state index is 11.7. The molecule has 0 unspecified atom stereocenters. The maximum atomic E-state index is 11.7. The van der Waals surface area contributed by atoms with Crippen molar-refractivity contribution in [3.63, 3.8) is 0 Å². The van der Waals surface area contributed by atoms with Crippen LogP contribution >= 0.6 is 11.3 Å². The third-order valence-corrected chi connectivity index (χ3v) is 2.73. The zero-order valence-electron chi connectivity index (χ0n) is 8.60. The Bertz CT molecular complexity index is 510. The van der Waals surface area contributed by atoms with Gasteiger partial charge in [-0.25, -0.2) is 0 Å². The number of nitrogens with one attached hydrogen (secondary N) is 1. The monoisotopic (exact) mass is 234 g/mol. The van der Waals surface area contributed by atoms with Crippen molar-refractivity contribution < 1.29 is 4.79 Å². The molecule has 2 rings (SSSR count). The molecule has 16 heavy (non-hydrogen) atoms. The van der Waals surface area contributed by atoms with Gasteiger partial charge in [0.25, 0.3) is 5.91 Å². The second-order valence-corrected chi connectivity index (χ2v) is 4.10. The number of rotatable bonds is 2. The van der Waals surface area contributed by atoms with Crippen molar-refractivity contribution in [2.24, 2.45) is 0 Å². The highest BCUT2D eigenvalue weighted by atomic mass is 32.1. The van der Waals surface area contributed by atoms with Crippen molar-refractivity contribution in [2.45, 2.75) is 6.92 Å². The molecule has 0 aliphatic rings. The highest BCUT2D eigenvalue weighted by molar-refractivity contribution is 7.13. The zero-order valence-corrected chi connectivity index (χ0v) is 9.41. The van der Waals surface area contributed by atoms with Gasteiger partial charge in [-0.05, 0) is 24.6 Å². The molecule has 1 aromatic heterocycles. The van der Waals surface area contributed by atoms with Crippen LogP contribution in [0, 0.1) is 6.92 Å². The van der Waals surface area contributed by atoms with Crippen LogP contribution in [0.1, 0.15) is 15.9 Å². The number of hydrogen-bond acceptors (Lipinski definition) is 5. The summed E-state index contributed by atoms with van der Waals surface area (Å²) in [7, 11) is 0. The van der Waals surface area contributed by atoms with E-state index in [1.54, 1.807) is 17.6 Å². The molecule has 6 heteroatoms. The molecule has 1 aromatic carbocycles. The summed E-state index contributed by atoms with van der Waals surface area (Å²) in [5.74, 6) is -0.233. The second-order valence-electron chi connectivity index (χ2n) is 3.27. The lowest BCUT2D eigenvalue weighted by atomic mass is 10.1. The molecular weight excluding hydrogens is 224 g/mol. The third-order valence-electron chi connectivity index (χ3n) is 2.12. The highest BCUT2D eigenvalue weighted by Crippen LogP contribution is 2.15. The number of benzene rings is 1. The summed E-state index contributed by atoms with van der Waals surface area (Å²) in [6.45, 7) is 1.89. The van der Waals surface area contributed by atoms with Crippen molar-refractivity contribution in [3.05, 3.63) is 34.8 Å². The van der Waals surface area contributed by atoms with Crippen LogP contribution in [0.4, 0.5) is 10.8 Å². The van der Waals surface area contributed by atoms with Gasteiger partial charge >= 0.3 is 0 Å². The third kappa shape index (κ3) is 2.17. The predicted octanol–water partition coefficient (Wildman–Crippen LogP) is 1.68. The molecule has 5 nitrogen and oxygen atoms in total. The van der Waals surface area contributed by atoms with Gasteiger partial charge in [-0.15, -0.1) is 10.2 Å². The fourth-order valence-electron chi connectivity index (χ4n) is 1.18. The molecule has 0 aliphatic heterocycles. The van der Waals surface area contributed by atoms with E-state index in [1.807, 2.05) is 13.0 Å². The normalized spacial score (nSPS) is 10.1. The summed E-state index contributed by atoms with van der Waals surface area (Å²) >= 11 is 1.27. The van der Waals surface area contributed by atoms with Gasteiger partial charge < -0.3 is 5.73 Å². The van der Waals surface area contributed by atoms with Crippen LogP contribution in [-0.2, 0) is 0 Å². The summed E-state index contributed by atoms with van der Waals surface area (Å²) in [4.78, 5) is 11.7. The summed E-state index contributed by atoms with van der Waals surface area (Å²) in [5, 5.41) is 10.5. The molecule has 2 aromatic rings. The van der Waals surface area contributed by atoms with E-state index in [2.05, 4.69) is 15.5 Å². The first-order valence-electron chi connectivity index (χ1n) is 4.60. The number of nitrogen functional groups attached to an aromatic ring is 1. The molecular formula is C10H10N4OS. The predicted molar refractivity (Wildman–Crippen MR) is 63.5 cm³/mol. The van der Waals surface area contributed by atoms with Crippen molar-refractivity contribution in [1.29, 1.82) is 0 Å². The Labute approximate surface area is 96.3 Å². The summed E-state index contributed by atoms with van der Waals surface area (Å²) in [6, 6.07) is 5.18. The van der Waals surface area contributed by atoms with Crippen molar-refractivity contribution in [1.82, 2.24) is 10.2 Å². The van der Waals surface area contributed by atoms with Crippen LogP contribution in [0.15, 0.2) is 23.7 Å². The molecule has 0 radical (unpaired) electrons. The molecule has 0 aliphatic carbocycles. The van der Waals surface area contributed by atoms with Gasteiger partial charge in [-0.1, -0.05) is 17.4 Å². The number of amides is 1. The molecule has 0 bridgehead atoms. The Morgan fingerprint density at radius 3 is 2.94 bits per heavy atom. The Morgan fingerprint density at radius 2 is 2.31 bits per heavy atom. The minimum Gasteiger partial charge on any atom is -0.398 e. The smallest absolute Gasteiger partial charge is 0.257 e. The first-order valence-corrected chi connectivity index (χ1v) is 5.48. The molecule has 0 atom stereocenters. The van der Waals surface area contributed by atoms with Gasteiger partial charge in [0.15, 0.2) is 0 Å². The second kappa shape index (κ2) is 4.28. The minimum atomic E-state index is -0.233. The van der Waals surface area contributed by atoms with Crippen LogP contribution in [0.2, 0.25) is 0 Å². The average molecular weight is 234 g/mol. The Hall–Kier alpha value is -1.95. The van der Waals surface area contributed by atoms with Gasteiger partial charge in [-0.2, -0.15) is 0 Å². The van der Waals surface area contributed by atoms with Crippen LogP contribution in [-0.4, -0.2) is 16.1 Å². The Kier molecular flexibility index (Phi) is 2.82. The first kappa shape index (κ1) is 10.6. The number of aryl methyl sites for hydroxylation is 1. The number of nitrogens with zero attached hydrogens (tertiary/aromatic N) is 2. The summed E-state index contributed by atoms with van der Waals surface area (Å²) in [5.41, 5.74) is 9.35. The number of carbonyl (C=O) groups excluding carboxylic acids is 1. The number of anilines is 2. The minimum absolute atomic E-state index is 0.233. The molecule has 1 heterocycles. The van der Waals surface area contributed by atoms with E-state index in [4.69, 9.17) is 5.73 Å². The highest BCUT2D eigenvalue weighted by Gasteiger charge is 2.08. The standard InChI is InChI=1S/C10H10N4OS/c1-6-2-3-7(4-8(6)11)9(15)13-10-14-12-5-16-10/h2-5H,11H2,1H3,(H,13,14,15). The number of aromatic nitrogens is 2. The van der Waals surface area contributed by atoms with Crippen molar-refractivity contribution in [3.8, 4) is 0 Å². The molecule has 1 amide bonds. The van der Waals surface area contributed by atoms with E-state index >= 15 is 0 Å². The van der Waals surface area contributed by atoms with Gasteiger partial charge in [-0.3, -0.25) is 10.1 Å². The fraction of sp³-hybridized carbons (Fsp3) is 0.100. The van der Waals surface area contributed by atoms with Gasteiger partial charge in [0.05, 0.1) is 0 Å². The molecule has 0 fully saturated rings. The molecule has 0 saturated heterocycles. The van der Waals surface area contributed by atoms with Crippen LogP contribution in [0.3, 0.4) is 0 Å². The van der Waals surface area contributed by atoms with Gasteiger partial charge in [0.1, 0.15) is 5.51 Å². The lowest BCUT2D eigenvalue weighted by Crippen LogP contribution is -2.12. The lowest BCUT2D eigenvalue weighted by Gasteiger charge is -2.04. The Morgan fingerprint density at radius 1 is 1.50 bits per heavy atom. The largest absolute Gasteiger partial charge is 0.398 e. The Balaban J connectivity index is 2.18. The average Bonchev–Trinajstić information content (AvgIpc) is 2.74. The van der Waals surface area contributed by atoms with E-state index in [0.29, 0.717) is 16.4 Å². The molecule has 0 saturated carbocycles. The van der Waals surface area contributed by atoms with E-state index in [9.17, 15) is 4.79 Å². The van der Waals surface area contributed by atoms with Crippen LogP contribution in [0.25, 0.3) is 0 Å². The zero-order chi connectivity index (χ0) is 11.5. The van der Waals surface area contributed by atoms with E-state index in [0.717, 1.165) is 5.56 Å². The van der Waals surface area contributed by atoms with Crippen LogP contribution in [0.5, 0.6) is 0 Å². The van der Waals surface area contributed by atoms with Crippen molar-refractivity contribution in [2.75, 3.05) is 11.1 Å². The SMILES string of the molecule is Cc1ccc(C(=O)Nc2nncs2)cc1N. The van der Waals surface area contributed by atoms with Crippen LogP contribution < -0.4 is 11.1 Å². The van der Waals surface area contributed by atoms with Gasteiger partial charge in [0, 0.05) is 11.3 Å². The van der Waals surface area contributed by atoms with Gasteiger partial charge in [0.2, 0.25) is 5.13 Å². The van der Waals surface area contributed by atoms with E-state index in [1.165, 1.54) is 11.3 Å². The molecule has 82 valence electrons. The summed E-state index contributed by atoms with van der Waals surface area (Å²) < 4.78 is 0. The lowest BCUT2D eigenvalue weighted by molar-refractivity contribution is 0.102.